The number of carboxylic acids is 1. The molecule has 0 saturated carbocycles. The fraction of sp³-hybridized carbons (Fsp3) is 0.240. The Hall–Kier alpha value is -4.27. The number of pyridine rings is 1. The number of carbonyl (C=O) groups is 1. The van der Waals surface area contributed by atoms with Crippen LogP contribution in [0.3, 0.4) is 0 Å². The minimum absolute atomic E-state index is 0.139. The van der Waals surface area contributed by atoms with Gasteiger partial charge in [0, 0.05) is 29.8 Å². The van der Waals surface area contributed by atoms with Gasteiger partial charge in [-0.2, -0.15) is 0 Å². The van der Waals surface area contributed by atoms with Crippen molar-refractivity contribution in [3.63, 3.8) is 0 Å². The molecule has 0 amide bonds. The second-order valence-electron chi connectivity index (χ2n) is 8.55. The Morgan fingerprint density at radius 3 is 2.47 bits per heavy atom. The number of aryl methyl sites for hydroxylation is 1. The first kappa shape index (κ1) is 21.6. The second kappa shape index (κ2) is 8.26. The van der Waals surface area contributed by atoms with E-state index >= 15 is 0 Å². The molecule has 1 aliphatic heterocycles. The number of fused-ring (bicyclic) bond motifs is 2. The number of nitrogens with one attached hydrogen (secondary N) is 1. The van der Waals surface area contributed by atoms with Gasteiger partial charge < -0.3 is 15.3 Å². The van der Waals surface area contributed by atoms with Gasteiger partial charge in [0.05, 0.1) is 41.6 Å². The van der Waals surface area contributed by atoms with Gasteiger partial charge in [0.1, 0.15) is 11.5 Å². The number of aromatic nitrogens is 4. The van der Waals surface area contributed by atoms with E-state index in [0.717, 1.165) is 22.5 Å². The number of anilines is 2. The Labute approximate surface area is 195 Å². The highest BCUT2D eigenvalue weighted by Crippen LogP contribution is 2.29. The van der Waals surface area contributed by atoms with E-state index in [4.69, 9.17) is 4.98 Å². The predicted molar refractivity (Wildman–Crippen MR) is 128 cm³/mol. The molecule has 1 aliphatic rings. The van der Waals surface area contributed by atoms with Gasteiger partial charge in [-0.25, -0.2) is 9.78 Å². The zero-order chi connectivity index (χ0) is 24.0. The smallest absolute Gasteiger partial charge is 0.337 e. The molecule has 2 N–H and O–H groups in total. The molecule has 0 aliphatic carbocycles. The third-order valence-electron chi connectivity index (χ3n) is 6.13. The zero-order valence-electron chi connectivity index (χ0n) is 19.1. The first-order chi connectivity index (χ1) is 16.3. The Morgan fingerprint density at radius 2 is 1.79 bits per heavy atom. The van der Waals surface area contributed by atoms with E-state index in [1.807, 2.05) is 24.8 Å². The average molecular weight is 457 g/mol. The lowest BCUT2D eigenvalue weighted by Gasteiger charge is -2.22. The standard InChI is InChI=1S/C25H24N6O3/c1-14-10-18(16(3)28-19-7-5-4-6-17(19)25(33)34)23-29-22(15(2)24(32)31(23)11-14)30-12-20-21(13-30)27-9-8-26-20/h4-11,16,28H,12-13H2,1-3H3,(H,33,34)/t16-/m1/s1. The van der Waals surface area contributed by atoms with Crippen molar-refractivity contribution in [2.75, 3.05) is 10.2 Å². The molecular weight excluding hydrogens is 432 g/mol. The van der Waals surface area contributed by atoms with Gasteiger partial charge in [-0.3, -0.25) is 19.2 Å². The molecular formula is C25H24N6O3. The number of carboxylic acid groups (broad SMARTS) is 1. The lowest BCUT2D eigenvalue weighted by molar-refractivity contribution is 0.0698. The van der Waals surface area contributed by atoms with Crippen molar-refractivity contribution < 1.29 is 9.90 Å². The molecule has 5 rings (SSSR count). The number of rotatable bonds is 5. The first-order valence-corrected chi connectivity index (χ1v) is 11.0. The molecule has 4 heterocycles. The quantitative estimate of drug-likeness (QED) is 0.469. The van der Waals surface area contributed by atoms with Crippen LogP contribution in [-0.4, -0.2) is 30.4 Å². The summed E-state index contributed by atoms with van der Waals surface area (Å²) >= 11 is 0. The molecule has 4 aromatic rings. The third kappa shape index (κ3) is 3.64. The van der Waals surface area contributed by atoms with Crippen LogP contribution < -0.4 is 15.8 Å². The van der Waals surface area contributed by atoms with Gasteiger partial charge in [-0.1, -0.05) is 12.1 Å². The molecule has 0 spiro atoms. The van der Waals surface area contributed by atoms with Gasteiger partial charge in [-0.05, 0) is 44.5 Å². The number of para-hydroxylation sites is 1. The van der Waals surface area contributed by atoms with E-state index in [-0.39, 0.29) is 17.2 Å². The fourth-order valence-corrected chi connectivity index (χ4v) is 4.44. The van der Waals surface area contributed by atoms with Crippen molar-refractivity contribution in [1.82, 2.24) is 19.4 Å². The Morgan fingerprint density at radius 1 is 1.12 bits per heavy atom. The number of hydrogen-bond acceptors (Lipinski definition) is 7. The minimum atomic E-state index is -1.01. The Kier molecular flexibility index (Phi) is 5.24. The van der Waals surface area contributed by atoms with Gasteiger partial charge in [0.15, 0.2) is 0 Å². The summed E-state index contributed by atoms with van der Waals surface area (Å²) in [4.78, 5) is 40.8. The van der Waals surface area contributed by atoms with Crippen molar-refractivity contribution in [3.8, 4) is 0 Å². The molecule has 0 unspecified atom stereocenters. The maximum absolute atomic E-state index is 13.4. The molecule has 172 valence electrons. The average Bonchev–Trinajstić information content (AvgIpc) is 3.25. The van der Waals surface area contributed by atoms with Gasteiger partial charge in [0.25, 0.3) is 5.56 Å². The van der Waals surface area contributed by atoms with Crippen LogP contribution in [0.5, 0.6) is 0 Å². The number of aromatic carboxylic acids is 1. The molecule has 34 heavy (non-hydrogen) atoms. The third-order valence-corrected chi connectivity index (χ3v) is 6.13. The maximum Gasteiger partial charge on any atom is 0.337 e. The van der Waals surface area contributed by atoms with Crippen LogP contribution in [0.15, 0.2) is 53.7 Å². The van der Waals surface area contributed by atoms with Crippen molar-refractivity contribution >= 4 is 23.1 Å². The van der Waals surface area contributed by atoms with E-state index in [9.17, 15) is 14.7 Å². The fourth-order valence-electron chi connectivity index (χ4n) is 4.44. The molecule has 9 nitrogen and oxygen atoms in total. The highest BCUT2D eigenvalue weighted by Gasteiger charge is 2.26. The largest absolute Gasteiger partial charge is 0.478 e. The van der Waals surface area contributed by atoms with Crippen LogP contribution in [0.25, 0.3) is 5.65 Å². The van der Waals surface area contributed by atoms with Crippen LogP contribution >= 0.6 is 0 Å². The summed E-state index contributed by atoms with van der Waals surface area (Å²) in [6.07, 6.45) is 5.12. The van der Waals surface area contributed by atoms with Gasteiger partial charge in [0.2, 0.25) is 0 Å². The molecule has 0 fully saturated rings. The summed E-state index contributed by atoms with van der Waals surface area (Å²) in [6.45, 7) is 6.71. The molecule has 1 atom stereocenters. The molecule has 1 aromatic carbocycles. The lowest BCUT2D eigenvalue weighted by Crippen LogP contribution is -2.27. The molecule has 9 heteroatoms. The van der Waals surface area contributed by atoms with Crippen LogP contribution in [0.2, 0.25) is 0 Å². The normalized spacial score (nSPS) is 13.7. The molecule has 0 radical (unpaired) electrons. The first-order valence-electron chi connectivity index (χ1n) is 11.0. The predicted octanol–water partition coefficient (Wildman–Crippen LogP) is 3.49. The van der Waals surface area contributed by atoms with Crippen LogP contribution in [0.1, 0.15) is 51.4 Å². The SMILES string of the molecule is Cc1cc([C@@H](C)Nc2ccccc2C(=O)O)c2nc(N3Cc4nccnc4C3)c(C)c(=O)n2c1. The zero-order valence-corrected chi connectivity index (χ0v) is 19.1. The molecule has 0 saturated heterocycles. The summed E-state index contributed by atoms with van der Waals surface area (Å²) in [7, 11) is 0. The van der Waals surface area contributed by atoms with E-state index < -0.39 is 5.97 Å². The summed E-state index contributed by atoms with van der Waals surface area (Å²) in [5.41, 5.74) is 5.10. The van der Waals surface area contributed by atoms with E-state index in [1.54, 1.807) is 54.2 Å². The van der Waals surface area contributed by atoms with Crippen molar-refractivity contribution in [2.45, 2.75) is 39.9 Å². The summed E-state index contributed by atoms with van der Waals surface area (Å²) in [6, 6.07) is 8.43. The second-order valence-corrected chi connectivity index (χ2v) is 8.55. The van der Waals surface area contributed by atoms with Crippen LogP contribution in [-0.2, 0) is 13.1 Å². The number of nitrogens with zero attached hydrogens (tertiary/aromatic N) is 5. The van der Waals surface area contributed by atoms with Crippen LogP contribution in [0, 0.1) is 13.8 Å². The van der Waals surface area contributed by atoms with E-state index in [1.165, 1.54) is 0 Å². The molecule has 3 aromatic heterocycles. The highest BCUT2D eigenvalue weighted by molar-refractivity contribution is 5.94. The summed E-state index contributed by atoms with van der Waals surface area (Å²) < 4.78 is 1.57. The topological polar surface area (TPSA) is 113 Å². The highest BCUT2D eigenvalue weighted by atomic mass is 16.4. The van der Waals surface area contributed by atoms with E-state index in [0.29, 0.717) is 35.8 Å². The minimum Gasteiger partial charge on any atom is -0.478 e. The Bertz CT molecular complexity index is 1470. The Balaban J connectivity index is 1.60. The van der Waals surface area contributed by atoms with Crippen molar-refractivity contribution in [2.24, 2.45) is 0 Å². The van der Waals surface area contributed by atoms with Crippen LogP contribution in [0.4, 0.5) is 11.5 Å². The summed E-state index contributed by atoms with van der Waals surface area (Å²) in [5.74, 6) is -0.402. The van der Waals surface area contributed by atoms with Gasteiger partial charge >= 0.3 is 5.97 Å². The van der Waals surface area contributed by atoms with Crippen molar-refractivity contribution in [1.29, 1.82) is 0 Å². The number of benzene rings is 1. The lowest BCUT2D eigenvalue weighted by atomic mass is 10.1. The summed E-state index contributed by atoms with van der Waals surface area (Å²) in [5, 5.41) is 12.8. The molecule has 0 bridgehead atoms. The monoisotopic (exact) mass is 456 g/mol. The van der Waals surface area contributed by atoms with Gasteiger partial charge in [-0.15, -0.1) is 0 Å². The van der Waals surface area contributed by atoms with Crippen molar-refractivity contribution in [3.05, 3.63) is 92.9 Å². The number of hydrogen-bond donors (Lipinski definition) is 2. The van der Waals surface area contributed by atoms with E-state index in [2.05, 4.69) is 15.3 Å². The maximum atomic E-state index is 13.4.